The first-order valence-corrected chi connectivity index (χ1v) is 22.4. The van der Waals surface area contributed by atoms with Gasteiger partial charge in [-0.15, -0.1) is 0 Å². The van der Waals surface area contributed by atoms with Crippen LogP contribution < -0.4 is 26.4 Å². The van der Waals surface area contributed by atoms with E-state index in [1.165, 1.54) is 16.7 Å². The average Bonchev–Trinajstić information content (AvgIpc) is 3.34. The largest absolute Gasteiger partial charge is 0.416 e. The number of carbonyl (C=O) groups is 1. The predicted octanol–water partition coefficient (Wildman–Crippen LogP) is 15.4. The van der Waals surface area contributed by atoms with E-state index >= 15 is 0 Å². The van der Waals surface area contributed by atoms with Crippen molar-refractivity contribution in [2.24, 2.45) is 0 Å². The molecule has 0 saturated heterocycles. The molecule has 0 fully saturated rings. The van der Waals surface area contributed by atoms with Gasteiger partial charge in [-0.1, -0.05) is 96.6 Å². The van der Waals surface area contributed by atoms with E-state index < -0.39 is 195 Å². The molecule has 0 saturated carbocycles. The maximum atomic E-state index is 14.2. The van der Waals surface area contributed by atoms with Crippen LogP contribution in [-0.2, 0) is 56.0 Å². The molecule has 0 spiro atoms. The van der Waals surface area contributed by atoms with Crippen LogP contribution in [0.4, 0.5) is 105 Å². The van der Waals surface area contributed by atoms with Gasteiger partial charge in [0.1, 0.15) is 6.15 Å². The molecule has 2 nitrogen and oxygen atoms in total. The zero-order chi connectivity index (χ0) is 60.1. The van der Waals surface area contributed by atoms with E-state index in [0.717, 1.165) is 11.3 Å². The molecule has 0 radical (unpaired) electrons. The first-order chi connectivity index (χ1) is 36.4. The summed E-state index contributed by atoms with van der Waals surface area (Å²) < 4.78 is 343. The summed E-state index contributed by atoms with van der Waals surface area (Å²) >= 11 is 0. The van der Waals surface area contributed by atoms with Gasteiger partial charge in [0.15, 0.2) is 6.20 Å². The maximum absolute atomic E-state index is 14.2. The summed E-state index contributed by atoms with van der Waals surface area (Å²) in [7, 11) is 0. The maximum Gasteiger partial charge on any atom is 0.416 e. The number of Topliss-reactive ketones (excluding diaryl/α,β-unsaturated/α-hetero) is 1. The van der Waals surface area contributed by atoms with Crippen LogP contribution in [0.1, 0.15) is 66.0 Å². The monoisotopic (exact) mass is 1170 g/mol. The van der Waals surface area contributed by atoms with Crippen LogP contribution in [0.2, 0.25) is 0 Å². The quantitative estimate of drug-likeness (QED) is 0.0643. The Bertz CT molecular complexity index is 2960. The number of ketones is 1. The minimum atomic E-state index is -6.13. The van der Waals surface area contributed by atoms with Crippen molar-refractivity contribution >= 4 is 33.8 Å². The van der Waals surface area contributed by atoms with Gasteiger partial charge in [0, 0.05) is 23.3 Å². The van der Waals surface area contributed by atoms with Crippen molar-refractivity contribution < 1.29 is 115 Å². The number of alkyl halides is 24. The van der Waals surface area contributed by atoms with Gasteiger partial charge in [0.25, 0.3) is 0 Å². The number of carbonyl (C=O) groups excluding carboxylic acids is 1. The van der Waals surface area contributed by atoms with Crippen LogP contribution in [0.15, 0.2) is 146 Å². The Morgan fingerprint density at radius 1 is 0.362 bits per heavy atom. The van der Waals surface area contributed by atoms with Gasteiger partial charge in [-0.3, -0.25) is 4.79 Å². The van der Waals surface area contributed by atoms with Crippen molar-refractivity contribution in [2.45, 2.75) is 69.8 Å². The molecule has 0 unspecified atom stereocenters. The summed E-state index contributed by atoms with van der Waals surface area (Å²) in [6, 6.07) is 13.1. The lowest BCUT2D eigenvalue weighted by molar-refractivity contribution is -0.672. The second kappa shape index (κ2) is 21.5. The summed E-state index contributed by atoms with van der Waals surface area (Å²) in [5, 5.41) is 0. The first kappa shape index (κ1) is 61.7. The Kier molecular flexibility index (Phi) is 16.6. The highest BCUT2D eigenvalue weighted by Gasteiger charge is 2.47. The Morgan fingerprint density at radius 3 is 0.938 bits per heavy atom. The summed E-state index contributed by atoms with van der Waals surface area (Å²) in [5.74, 6) is 0.119. The molecule has 0 aliphatic carbocycles. The van der Waals surface area contributed by atoms with E-state index in [0.29, 0.717) is 6.54 Å². The number of halogens is 24. The van der Waals surface area contributed by atoms with Crippen molar-refractivity contribution in [1.82, 2.24) is 0 Å². The number of aryl methyl sites for hydroxylation is 2. The van der Waals surface area contributed by atoms with Gasteiger partial charge < -0.3 is 0 Å². The van der Waals surface area contributed by atoms with E-state index in [9.17, 15) is 110 Å². The summed E-state index contributed by atoms with van der Waals surface area (Å²) in [6.45, 7) is 4.53. The van der Waals surface area contributed by atoms with Gasteiger partial charge in [-0.05, 0) is 55.8 Å². The molecule has 0 bridgehead atoms. The zero-order valence-electron chi connectivity index (χ0n) is 40.1. The highest BCUT2D eigenvalue weighted by Crippen LogP contribution is 2.41. The molecule has 6 aromatic carbocycles. The Hall–Kier alpha value is -7.48. The van der Waals surface area contributed by atoms with Gasteiger partial charge in [-0.25, -0.2) is 0 Å². The number of aromatic nitrogens is 1. The average molecular weight is 1170 g/mol. The highest BCUT2D eigenvalue weighted by atomic mass is 19.4. The molecule has 426 valence electrons. The third-order valence-electron chi connectivity index (χ3n) is 12.5. The van der Waals surface area contributed by atoms with E-state index in [1.54, 1.807) is 0 Å². The topological polar surface area (TPSA) is 20.9 Å². The molecular formula is C53H32BF24NO. The number of nitrogens with zero attached hydrogens (tertiary/aromatic N) is 1. The van der Waals surface area contributed by atoms with Crippen molar-refractivity contribution in [2.75, 3.05) is 0 Å². The lowest BCUT2D eigenvalue weighted by atomic mass is 9.12. The third kappa shape index (κ3) is 13.9. The van der Waals surface area contributed by atoms with Crippen LogP contribution in [0.5, 0.6) is 0 Å². The number of benzene rings is 6. The molecule has 0 N–H and O–H groups in total. The molecular weight excluding hydrogens is 1130 g/mol. The standard InChI is InChI=1S/C32H12BF24.C21H20NO/c34-25(35,36)13-1-14(26(37,38)39)6-21(5-13)33(22-7-15(27(40,41)42)2-16(8-22)28(43,44)45,23-9-17(29(46,47)48)3-18(10-23)30(49,50)51)24-11-19(31(52,53)54)4-20(12-24)32(55,56)57;1-16-11-12-17(2)19(14-16)20-10-6-7-13-22(20)15-21(23)18-8-4-3-5-9-18/h1-12H;3-14H,15H2,1-2H3/q-1;+1. The van der Waals surface area contributed by atoms with E-state index in [-0.39, 0.29) is 5.78 Å². The van der Waals surface area contributed by atoms with E-state index in [2.05, 4.69) is 38.1 Å². The number of hydrogen-bond donors (Lipinski definition) is 0. The second-order valence-electron chi connectivity index (χ2n) is 18.0. The Labute approximate surface area is 435 Å². The molecule has 0 amide bonds. The SMILES string of the molecule is Cc1ccc(C)c(-c2cccc[n+]2CC(=O)c2ccccc2)c1.FC(F)(F)c1cc([B-](c2cc(C(F)(F)F)cc(C(F)(F)F)c2)(c2cc(C(F)(F)F)cc(C(F)(F)F)c2)c2cc(C(F)(F)F)cc(C(F)(F)F)c2)cc(C(F)(F)F)c1. The minimum absolute atomic E-state index is 0.119. The number of pyridine rings is 1. The summed E-state index contributed by atoms with van der Waals surface area (Å²) in [4.78, 5) is 12.5. The fraction of sp³-hybridized carbons (Fsp3) is 0.208. The van der Waals surface area contributed by atoms with Gasteiger partial charge in [0.05, 0.1) is 44.5 Å². The Balaban J connectivity index is 0.000000370. The smallest absolute Gasteiger partial charge is 0.287 e. The molecule has 7 aromatic rings. The van der Waals surface area contributed by atoms with Gasteiger partial charge >= 0.3 is 49.4 Å². The van der Waals surface area contributed by atoms with Crippen LogP contribution >= 0.6 is 0 Å². The van der Waals surface area contributed by atoms with Crippen LogP contribution in [0.25, 0.3) is 11.3 Å². The predicted molar refractivity (Wildman–Crippen MR) is 242 cm³/mol. The normalized spacial score (nSPS) is 13.2. The lowest BCUT2D eigenvalue weighted by Gasteiger charge is -2.46. The van der Waals surface area contributed by atoms with E-state index in [4.69, 9.17) is 0 Å². The van der Waals surface area contributed by atoms with Crippen molar-refractivity contribution in [3.63, 3.8) is 0 Å². The van der Waals surface area contributed by atoms with E-state index in [1.807, 2.05) is 53.2 Å². The molecule has 80 heavy (non-hydrogen) atoms. The molecule has 0 aliphatic heterocycles. The molecule has 0 atom stereocenters. The molecule has 1 aromatic heterocycles. The highest BCUT2D eigenvalue weighted by molar-refractivity contribution is 7.20. The molecule has 7 rings (SSSR count). The summed E-state index contributed by atoms with van der Waals surface area (Å²) in [5.41, 5.74) is -24.8. The van der Waals surface area contributed by atoms with Crippen molar-refractivity contribution in [3.05, 3.63) is 207 Å². The fourth-order valence-corrected chi connectivity index (χ4v) is 8.81. The van der Waals surface area contributed by atoms with Crippen LogP contribution in [0, 0.1) is 13.8 Å². The van der Waals surface area contributed by atoms with Crippen molar-refractivity contribution in [3.8, 4) is 11.3 Å². The second-order valence-corrected chi connectivity index (χ2v) is 18.0. The van der Waals surface area contributed by atoms with Crippen LogP contribution in [0.3, 0.4) is 0 Å². The molecule has 1 heterocycles. The Morgan fingerprint density at radius 2 is 0.650 bits per heavy atom. The molecule has 27 heteroatoms. The van der Waals surface area contributed by atoms with Crippen LogP contribution in [-0.4, -0.2) is 11.9 Å². The first-order valence-electron chi connectivity index (χ1n) is 22.4. The van der Waals surface area contributed by atoms with Gasteiger partial charge in [-0.2, -0.15) is 132 Å². The fourth-order valence-electron chi connectivity index (χ4n) is 8.81. The molecule has 0 aliphatic rings. The van der Waals surface area contributed by atoms with Crippen molar-refractivity contribution in [1.29, 1.82) is 0 Å². The van der Waals surface area contributed by atoms with Gasteiger partial charge in [0.2, 0.25) is 18.0 Å². The lowest BCUT2D eigenvalue weighted by Crippen LogP contribution is -2.75. The third-order valence-corrected chi connectivity index (χ3v) is 12.5. The summed E-state index contributed by atoms with van der Waals surface area (Å²) in [6.07, 6.45) is -52.8. The number of rotatable bonds is 8. The zero-order valence-corrected chi connectivity index (χ0v) is 40.1. The minimum Gasteiger partial charge on any atom is -0.287 e. The number of hydrogen-bond acceptors (Lipinski definition) is 1.